The molecule has 0 spiro atoms. The summed E-state index contributed by atoms with van der Waals surface area (Å²) in [5.41, 5.74) is 3.87. The summed E-state index contributed by atoms with van der Waals surface area (Å²) < 4.78 is 36.0. The Kier molecular flexibility index (Phi) is 6.94. The zero-order valence-corrected chi connectivity index (χ0v) is 24.6. The fraction of sp³-hybridized carbons (Fsp3) is 0.324. The highest BCUT2D eigenvalue weighted by atomic mass is 35.5. The molecule has 2 aromatic carbocycles. The van der Waals surface area contributed by atoms with E-state index in [2.05, 4.69) is 4.98 Å². The summed E-state index contributed by atoms with van der Waals surface area (Å²) in [4.78, 5) is 33.0. The van der Waals surface area contributed by atoms with Crippen molar-refractivity contribution in [1.29, 1.82) is 0 Å². The van der Waals surface area contributed by atoms with Gasteiger partial charge in [-0.05, 0) is 85.2 Å². The first-order valence-corrected chi connectivity index (χ1v) is 14.9. The van der Waals surface area contributed by atoms with Crippen molar-refractivity contribution >= 4 is 17.5 Å². The molecule has 2 atom stereocenters. The van der Waals surface area contributed by atoms with Crippen LogP contribution in [0.1, 0.15) is 51.0 Å². The lowest BCUT2D eigenvalue weighted by Gasteiger charge is -2.46. The van der Waals surface area contributed by atoms with Crippen LogP contribution in [0.3, 0.4) is 0 Å². The van der Waals surface area contributed by atoms with Gasteiger partial charge < -0.3 is 9.64 Å². The summed E-state index contributed by atoms with van der Waals surface area (Å²) in [6.45, 7) is 6.33. The molecule has 3 fully saturated rings. The van der Waals surface area contributed by atoms with Crippen molar-refractivity contribution in [2.45, 2.75) is 32.1 Å². The van der Waals surface area contributed by atoms with Gasteiger partial charge in [-0.2, -0.15) is 0 Å². The SMILES string of the molecule is Cc1cnc(-c2cccc(C(=O)N3CC(C4COC4)C3)c2F)cc1-n1c(C)cc([C@@H]2CC2c2ccc(F)cc2)c(Cl)c1=O. The lowest BCUT2D eigenvalue weighted by molar-refractivity contribution is -0.0911. The van der Waals surface area contributed by atoms with E-state index in [0.29, 0.717) is 47.6 Å². The smallest absolute Gasteiger partial charge is 0.274 e. The van der Waals surface area contributed by atoms with Crippen molar-refractivity contribution in [3.05, 3.63) is 116 Å². The van der Waals surface area contributed by atoms with Gasteiger partial charge in [-0.3, -0.25) is 19.1 Å². The highest BCUT2D eigenvalue weighted by Crippen LogP contribution is 2.55. The topological polar surface area (TPSA) is 64.4 Å². The number of benzene rings is 2. The third-order valence-electron chi connectivity index (χ3n) is 9.20. The lowest BCUT2D eigenvalue weighted by Crippen LogP contribution is -2.56. The number of hydrogen-bond acceptors (Lipinski definition) is 4. The molecule has 0 bridgehead atoms. The van der Waals surface area contributed by atoms with Crippen LogP contribution in [-0.2, 0) is 4.74 Å². The Hall–Kier alpha value is -3.88. The van der Waals surface area contributed by atoms with Crippen LogP contribution >= 0.6 is 11.6 Å². The molecular formula is C34H30ClF2N3O3. The Balaban J connectivity index is 1.18. The number of hydrogen-bond donors (Lipinski definition) is 0. The number of aryl methyl sites for hydroxylation is 2. The highest BCUT2D eigenvalue weighted by molar-refractivity contribution is 6.31. The van der Waals surface area contributed by atoms with E-state index in [9.17, 15) is 14.0 Å². The van der Waals surface area contributed by atoms with Gasteiger partial charge in [-0.1, -0.05) is 29.8 Å². The Morgan fingerprint density at radius 1 is 1.00 bits per heavy atom. The summed E-state index contributed by atoms with van der Waals surface area (Å²) in [5.74, 6) is -0.128. The van der Waals surface area contributed by atoms with Gasteiger partial charge in [-0.15, -0.1) is 0 Å². The maximum Gasteiger partial charge on any atom is 0.274 e. The molecule has 4 heterocycles. The second-order valence-corrected chi connectivity index (χ2v) is 12.4. The number of halogens is 3. The number of ether oxygens (including phenoxy) is 1. The van der Waals surface area contributed by atoms with Gasteiger partial charge in [0, 0.05) is 42.4 Å². The predicted octanol–water partition coefficient (Wildman–Crippen LogP) is 6.44. The minimum Gasteiger partial charge on any atom is -0.381 e. The number of pyridine rings is 2. The van der Waals surface area contributed by atoms with Gasteiger partial charge in [0.2, 0.25) is 0 Å². The number of rotatable bonds is 6. The van der Waals surface area contributed by atoms with Crippen molar-refractivity contribution in [2.75, 3.05) is 26.3 Å². The Morgan fingerprint density at radius 3 is 2.44 bits per heavy atom. The number of aromatic nitrogens is 2. The molecule has 43 heavy (non-hydrogen) atoms. The van der Waals surface area contributed by atoms with E-state index >= 15 is 4.39 Å². The summed E-state index contributed by atoms with van der Waals surface area (Å²) in [5, 5.41) is 0.137. The molecule has 1 unspecified atom stereocenters. The van der Waals surface area contributed by atoms with Gasteiger partial charge >= 0.3 is 0 Å². The summed E-state index contributed by atoms with van der Waals surface area (Å²) in [6, 6.07) is 14.8. The van der Waals surface area contributed by atoms with Crippen LogP contribution in [0.2, 0.25) is 5.02 Å². The van der Waals surface area contributed by atoms with Crippen LogP contribution < -0.4 is 5.56 Å². The van der Waals surface area contributed by atoms with Gasteiger partial charge in [-0.25, -0.2) is 8.78 Å². The molecule has 1 amide bonds. The zero-order chi connectivity index (χ0) is 30.0. The van der Waals surface area contributed by atoms with Crippen LogP contribution in [0, 0.1) is 37.3 Å². The second kappa shape index (κ2) is 10.7. The number of carbonyl (C=O) groups excluding carboxylic acids is 1. The van der Waals surface area contributed by atoms with Crippen molar-refractivity contribution < 1.29 is 18.3 Å². The fourth-order valence-electron chi connectivity index (χ4n) is 6.39. The van der Waals surface area contributed by atoms with Gasteiger partial charge in [0.1, 0.15) is 16.7 Å². The van der Waals surface area contributed by atoms with E-state index in [-0.39, 0.29) is 45.3 Å². The molecule has 2 saturated heterocycles. The molecule has 220 valence electrons. The summed E-state index contributed by atoms with van der Waals surface area (Å²) >= 11 is 6.70. The molecule has 2 aliphatic heterocycles. The molecule has 1 aliphatic carbocycles. The zero-order valence-electron chi connectivity index (χ0n) is 23.8. The molecule has 0 N–H and O–H groups in total. The average molecular weight is 602 g/mol. The van der Waals surface area contributed by atoms with Crippen LogP contribution in [0.25, 0.3) is 16.9 Å². The minimum atomic E-state index is -0.636. The van der Waals surface area contributed by atoms with Crippen LogP contribution in [0.5, 0.6) is 0 Å². The Morgan fingerprint density at radius 2 is 1.74 bits per heavy atom. The van der Waals surface area contributed by atoms with E-state index in [4.69, 9.17) is 16.3 Å². The molecule has 0 radical (unpaired) electrons. The molecule has 2 aromatic heterocycles. The van der Waals surface area contributed by atoms with E-state index in [1.165, 1.54) is 22.8 Å². The summed E-state index contributed by atoms with van der Waals surface area (Å²) in [6.07, 6.45) is 2.42. The number of nitrogens with zero attached hydrogens (tertiary/aromatic N) is 3. The molecule has 7 rings (SSSR count). The largest absolute Gasteiger partial charge is 0.381 e. The number of likely N-dealkylation sites (tertiary alicyclic amines) is 1. The quantitative estimate of drug-likeness (QED) is 0.255. The van der Waals surface area contributed by atoms with E-state index in [1.807, 2.05) is 19.9 Å². The predicted molar refractivity (Wildman–Crippen MR) is 160 cm³/mol. The average Bonchev–Trinajstić information content (AvgIpc) is 3.73. The van der Waals surface area contributed by atoms with E-state index in [1.54, 1.807) is 41.4 Å². The number of carbonyl (C=O) groups is 1. The van der Waals surface area contributed by atoms with E-state index in [0.717, 1.165) is 30.8 Å². The van der Waals surface area contributed by atoms with Gasteiger partial charge in [0.15, 0.2) is 0 Å². The Labute approximate surface area is 252 Å². The maximum atomic E-state index is 15.8. The second-order valence-electron chi connectivity index (χ2n) is 12.0. The highest BCUT2D eigenvalue weighted by Gasteiger charge is 2.42. The molecule has 9 heteroatoms. The molecular weight excluding hydrogens is 572 g/mol. The first-order valence-electron chi connectivity index (χ1n) is 14.5. The van der Waals surface area contributed by atoms with Gasteiger partial charge in [0.25, 0.3) is 11.5 Å². The van der Waals surface area contributed by atoms with Gasteiger partial charge in [0.05, 0.1) is 30.2 Å². The first-order chi connectivity index (χ1) is 20.7. The van der Waals surface area contributed by atoms with Crippen molar-refractivity contribution in [3.8, 4) is 16.9 Å². The van der Waals surface area contributed by atoms with Crippen molar-refractivity contribution in [2.24, 2.45) is 11.8 Å². The third kappa shape index (κ3) is 4.86. The molecule has 1 saturated carbocycles. The molecule has 6 nitrogen and oxygen atoms in total. The first kappa shape index (κ1) is 27.9. The van der Waals surface area contributed by atoms with Crippen molar-refractivity contribution in [1.82, 2.24) is 14.5 Å². The Bertz CT molecular complexity index is 1810. The third-order valence-corrected chi connectivity index (χ3v) is 9.58. The van der Waals surface area contributed by atoms with Crippen LogP contribution in [-0.4, -0.2) is 46.7 Å². The molecule has 4 aromatic rings. The van der Waals surface area contributed by atoms with Crippen LogP contribution in [0.15, 0.2) is 65.6 Å². The van der Waals surface area contributed by atoms with Crippen molar-refractivity contribution in [3.63, 3.8) is 0 Å². The molecule has 3 aliphatic rings. The number of amides is 1. The van der Waals surface area contributed by atoms with E-state index < -0.39 is 5.82 Å². The summed E-state index contributed by atoms with van der Waals surface area (Å²) in [7, 11) is 0. The monoisotopic (exact) mass is 601 g/mol. The maximum absolute atomic E-state index is 15.8. The fourth-order valence-corrected chi connectivity index (χ4v) is 6.67. The normalized spacial score (nSPS) is 20.1. The lowest BCUT2D eigenvalue weighted by atomic mass is 9.84. The minimum absolute atomic E-state index is 0.00521. The standard InChI is InChI=1S/C34H30ClF2N3O3/c1-18-13-38-29(24-4-3-5-25(32(24)37)33(41)39-14-21(15-39)22-16-43-17-22)12-30(18)40-19(2)10-28(31(35)34(40)42)27-11-26(27)20-6-8-23(36)9-7-20/h3-10,12-13,21-22,26-27H,11,14-17H2,1-2H3/t26?,27-/m1/s1. The van der Waals surface area contributed by atoms with Crippen LogP contribution in [0.4, 0.5) is 8.78 Å².